The normalized spacial score (nSPS) is 10.4. The molecule has 0 saturated carbocycles. The van der Waals surface area contributed by atoms with Crippen LogP contribution in [0.25, 0.3) is 0 Å². The Morgan fingerprint density at radius 1 is 1.50 bits per heavy atom. The van der Waals surface area contributed by atoms with Crippen molar-refractivity contribution in [1.82, 2.24) is 4.90 Å². The van der Waals surface area contributed by atoms with Crippen LogP contribution in [-0.2, 0) is 9.53 Å². The molecule has 16 heavy (non-hydrogen) atoms. The van der Waals surface area contributed by atoms with E-state index in [2.05, 4.69) is 5.92 Å². The van der Waals surface area contributed by atoms with Crippen molar-refractivity contribution in [3.05, 3.63) is 0 Å². The highest BCUT2D eigenvalue weighted by Gasteiger charge is 2.21. The van der Waals surface area contributed by atoms with E-state index in [1.54, 1.807) is 20.8 Å². The molecule has 90 valence electrons. The first kappa shape index (κ1) is 14.5. The standard InChI is InChI=1S/C12H19NO3/c1-5-6-7-8-13(9-10-14)11(15)16-12(2,3)4/h1,10H,6-9H2,2-4H3. The summed E-state index contributed by atoms with van der Waals surface area (Å²) in [4.78, 5) is 23.4. The van der Waals surface area contributed by atoms with Crippen molar-refractivity contribution in [3.8, 4) is 12.3 Å². The second-order valence-corrected chi connectivity index (χ2v) is 4.40. The first-order valence-electron chi connectivity index (χ1n) is 5.25. The van der Waals surface area contributed by atoms with E-state index in [9.17, 15) is 9.59 Å². The molecular weight excluding hydrogens is 206 g/mol. The van der Waals surface area contributed by atoms with Crippen molar-refractivity contribution in [2.24, 2.45) is 0 Å². The molecule has 0 heterocycles. The lowest BCUT2D eigenvalue weighted by Gasteiger charge is -2.25. The fourth-order valence-electron chi connectivity index (χ4n) is 1.05. The van der Waals surface area contributed by atoms with E-state index in [0.29, 0.717) is 25.7 Å². The molecule has 4 nitrogen and oxygen atoms in total. The summed E-state index contributed by atoms with van der Waals surface area (Å²) < 4.78 is 5.16. The van der Waals surface area contributed by atoms with E-state index in [4.69, 9.17) is 11.2 Å². The Hall–Kier alpha value is -1.50. The summed E-state index contributed by atoms with van der Waals surface area (Å²) in [5.74, 6) is 2.49. The van der Waals surface area contributed by atoms with Crippen LogP contribution in [-0.4, -0.2) is 36.0 Å². The molecule has 0 rings (SSSR count). The SMILES string of the molecule is C#CCCCN(CC=O)C(=O)OC(C)(C)C. The van der Waals surface area contributed by atoms with E-state index in [-0.39, 0.29) is 6.54 Å². The van der Waals surface area contributed by atoms with Crippen LogP contribution in [0.5, 0.6) is 0 Å². The Kier molecular flexibility index (Phi) is 6.24. The largest absolute Gasteiger partial charge is 0.444 e. The lowest BCUT2D eigenvalue weighted by molar-refractivity contribution is -0.109. The van der Waals surface area contributed by atoms with Crippen LogP contribution in [0.2, 0.25) is 0 Å². The van der Waals surface area contributed by atoms with Crippen LogP contribution < -0.4 is 0 Å². The van der Waals surface area contributed by atoms with Crippen LogP contribution >= 0.6 is 0 Å². The van der Waals surface area contributed by atoms with Gasteiger partial charge in [0, 0.05) is 13.0 Å². The molecule has 0 saturated heterocycles. The molecule has 0 aromatic heterocycles. The number of aldehydes is 1. The highest BCUT2D eigenvalue weighted by molar-refractivity contribution is 5.71. The number of carbonyl (C=O) groups excluding carboxylic acids is 2. The zero-order chi connectivity index (χ0) is 12.6. The Morgan fingerprint density at radius 3 is 2.56 bits per heavy atom. The number of hydrogen-bond donors (Lipinski definition) is 0. The molecule has 0 N–H and O–H groups in total. The third kappa shape index (κ3) is 6.88. The number of terminal acetylenes is 1. The summed E-state index contributed by atoms with van der Waals surface area (Å²) >= 11 is 0. The molecular formula is C12H19NO3. The third-order valence-electron chi connectivity index (χ3n) is 1.70. The maximum absolute atomic E-state index is 11.6. The van der Waals surface area contributed by atoms with Crippen molar-refractivity contribution in [2.75, 3.05) is 13.1 Å². The molecule has 0 fully saturated rings. The van der Waals surface area contributed by atoms with Gasteiger partial charge in [-0.25, -0.2) is 4.79 Å². The van der Waals surface area contributed by atoms with Crippen molar-refractivity contribution in [1.29, 1.82) is 0 Å². The Labute approximate surface area is 96.9 Å². The van der Waals surface area contributed by atoms with Crippen molar-refractivity contribution >= 4 is 12.4 Å². The molecule has 0 aliphatic carbocycles. The van der Waals surface area contributed by atoms with Crippen LogP contribution in [0.15, 0.2) is 0 Å². The second kappa shape index (κ2) is 6.89. The van der Waals surface area contributed by atoms with Crippen molar-refractivity contribution in [3.63, 3.8) is 0 Å². The monoisotopic (exact) mass is 225 g/mol. The lowest BCUT2D eigenvalue weighted by atomic mass is 10.2. The predicted molar refractivity (Wildman–Crippen MR) is 61.9 cm³/mol. The van der Waals surface area contributed by atoms with Gasteiger partial charge in [-0.1, -0.05) is 0 Å². The molecule has 4 heteroatoms. The molecule has 0 bridgehead atoms. The lowest BCUT2D eigenvalue weighted by Crippen LogP contribution is -2.38. The fourth-order valence-corrected chi connectivity index (χ4v) is 1.05. The molecule has 0 atom stereocenters. The minimum atomic E-state index is -0.551. The van der Waals surface area contributed by atoms with E-state index in [1.165, 1.54) is 4.90 Å². The minimum Gasteiger partial charge on any atom is -0.444 e. The number of amides is 1. The summed E-state index contributed by atoms with van der Waals surface area (Å²) in [7, 11) is 0. The highest BCUT2D eigenvalue weighted by Crippen LogP contribution is 2.10. The quantitative estimate of drug-likeness (QED) is 0.407. The zero-order valence-electron chi connectivity index (χ0n) is 10.2. The molecule has 0 spiro atoms. The topological polar surface area (TPSA) is 46.6 Å². The molecule has 0 aromatic carbocycles. The predicted octanol–water partition coefficient (Wildman–Crippen LogP) is 1.84. The van der Waals surface area contributed by atoms with Gasteiger partial charge in [0.05, 0.1) is 6.54 Å². The van der Waals surface area contributed by atoms with Gasteiger partial charge in [-0.2, -0.15) is 0 Å². The van der Waals surface area contributed by atoms with Crippen LogP contribution in [0.4, 0.5) is 4.79 Å². The number of unbranched alkanes of at least 4 members (excludes halogenated alkanes) is 1. The number of ether oxygens (including phenoxy) is 1. The molecule has 0 aliphatic rings. The second-order valence-electron chi connectivity index (χ2n) is 4.40. The van der Waals surface area contributed by atoms with E-state index in [0.717, 1.165) is 0 Å². The first-order valence-corrected chi connectivity index (χ1v) is 5.25. The molecule has 0 aromatic rings. The maximum atomic E-state index is 11.6. The third-order valence-corrected chi connectivity index (χ3v) is 1.70. The van der Waals surface area contributed by atoms with Gasteiger partial charge >= 0.3 is 6.09 Å². The van der Waals surface area contributed by atoms with Gasteiger partial charge in [-0.05, 0) is 27.2 Å². The van der Waals surface area contributed by atoms with Crippen molar-refractivity contribution in [2.45, 2.75) is 39.2 Å². The summed E-state index contributed by atoms with van der Waals surface area (Å²) in [5, 5.41) is 0. The average Bonchev–Trinajstić information content (AvgIpc) is 2.14. The fraction of sp³-hybridized carbons (Fsp3) is 0.667. The van der Waals surface area contributed by atoms with Gasteiger partial charge in [0.25, 0.3) is 0 Å². The van der Waals surface area contributed by atoms with Crippen molar-refractivity contribution < 1.29 is 14.3 Å². The Balaban J connectivity index is 4.24. The average molecular weight is 225 g/mol. The van der Waals surface area contributed by atoms with Gasteiger partial charge in [-0.15, -0.1) is 12.3 Å². The Bertz CT molecular complexity index is 273. The number of rotatable bonds is 5. The van der Waals surface area contributed by atoms with Gasteiger partial charge in [-0.3, -0.25) is 0 Å². The van der Waals surface area contributed by atoms with Gasteiger partial charge < -0.3 is 14.4 Å². The van der Waals surface area contributed by atoms with Crippen LogP contribution in [0.3, 0.4) is 0 Å². The Morgan fingerprint density at radius 2 is 2.12 bits per heavy atom. The number of hydrogen-bond acceptors (Lipinski definition) is 3. The summed E-state index contributed by atoms with van der Waals surface area (Å²) in [5.41, 5.74) is -0.551. The molecule has 1 amide bonds. The van der Waals surface area contributed by atoms with E-state index < -0.39 is 11.7 Å². The number of nitrogens with zero attached hydrogens (tertiary/aromatic N) is 1. The maximum Gasteiger partial charge on any atom is 0.410 e. The summed E-state index contributed by atoms with van der Waals surface area (Å²) in [6.07, 6.45) is 6.57. The molecule has 0 aliphatic heterocycles. The van der Waals surface area contributed by atoms with Crippen LogP contribution in [0, 0.1) is 12.3 Å². The summed E-state index contributed by atoms with van der Waals surface area (Å²) in [6.45, 7) is 5.83. The minimum absolute atomic E-state index is 0.0412. The molecule has 0 unspecified atom stereocenters. The number of carbonyl (C=O) groups is 2. The smallest absolute Gasteiger partial charge is 0.410 e. The van der Waals surface area contributed by atoms with Gasteiger partial charge in [0.1, 0.15) is 11.9 Å². The van der Waals surface area contributed by atoms with Gasteiger partial charge in [0.15, 0.2) is 0 Å². The van der Waals surface area contributed by atoms with Crippen LogP contribution in [0.1, 0.15) is 33.6 Å². The zero-order valence-corrected chi connectivity index (χ0v) is 10.2. The van der Waals surface area contributed by atoms with Gasteiger partial charge in [0.2, 0.25) is 0 Å². The van der Waals surface area contributed by atoms with E-state index in [1.807, 2.05) is 0 Å². The van der Waals surface area contributed by atoms with E-state index >= 15 is 0 Å². The summed E-state index contributed by atoms with van der Waals surface area (Å²) in [6, 6.07) is 0. The first-order chi connectivity index (χ1) is 7.40. The molecule has 0 radical (unpaired) electrons. The highest BCUT2D eigenvalue weighted by atomic mass is 16.6.